The molecule has 0 aliphatic carbocycles. The Morgan fingerprint density at radius 2 is 1.17 bits per heavy atom. The van der Waals surface area contributed by atoms with Crippen LogP contribution in [0.3, 0.4) is 0 Å². The van der Waals surface area contributed by atoms with Crippen molar-refractivity contribution in [2.24, 2.45) is 0 Å². The first kappa shape index (κ1) is 13.0. The molecule has 0 saturated heterocycles. The van der Waals surface area contributed by atoms with E-state index in [2.05, 4.69) is 41.5 Å². The molecular weight excluding hydrogens is 214 g/mol. The van der Waals surface area contributed by atoms with Crippen molar-refractivity contribution < 1.29 is 4.08 Å². The second-order valence-corrected chi connectivity index (χ2v) is 10.7. The van der Waals surface area contributed by atoms with Crippen LogP contribution in [0.25, 0.3) is 0 Å². The molecule has 0 spiro atoms. The first-order chi connectivity index (χ1) is 5.06. The fourth-order valence-corrected chi connectivity index (χ4v) is 4.88. The fourth-order valence-electron chi connectivity index (χ4n) is 1.21. The number of hydrogen-bond donors (Lipinski definition) is 0. The Hall–Kier alpha value is 0.970. The van der Waals surface area contributed by atoms with Gasteiger partial charge in [0.15, 0.2) is 0 Å². The van der Waals surface area contributed by atoms with Crippen molar-refractivity contribution in [3.8, 4) is 0 Å². The Morgan fingerprint density at radius 3 is 1.17 bits per heavy atom. The van der Waals surface area contributed by atoms with Gasteiger partial charge in [-0.15, -0.1) is 4.08 Å². The van der Waals surface area contributed by atoms with Crippen LogP contribution in [0.2, 0.25) is 0 Å². The normalized spacial score (nSPS) is 15.0. The van der Waals surface area contributed by atoms with Crippen LogP contribution < -0.4 is 0 Å². The van der Waals surface area contributed by atoms with Crippen LogP contribution in [0.4, 0.5) is 0 Å². The Kier molecular flexibility index (Phi) is 3.90. The summed E-state index contributed by atoms with van der Waals surface area (Å²) in [5, 5.41) is -0.177. The van der Waals surface area contributed by atoms with Crippen molar-refractivity contribution in [3.05, 3.63) is 0 Å². The summed E-state index contributed by atoms with van der Waals surface area (Å²) in [5.41, 5.74) is 0. The highest BCUT2D eigenvalue weighted by Gasteiger charge is 2.61. The SMILES string of the molecule is CC(C)(C)[P+](Cl)(OCl)C(C)(C)C. The highest BCUT2D eigenvalue weighted by Crippen LogP contribution is 2.81. The summed E-state index contributed by atoms with van der Waals surface area (Å²) in [6.45, 7) is 10.3. The van der Waals surface area contributed by atoms with Gasteiger partial charge in [-0.05, 0) is 41.5 Å². The van der Waals surface area contributed by atoms with Crippen LogP contribution >= 0.6 is 29.9 Å². The summed E-state index contributed by atoms with van der Waals surface area (Å²) >= 11 is 11.9. The second kappa shape index (κ2) is 3.61. The fraction of sp³-hybridized carbons (Fsp3) is 1.00. The third-order valence-electron chi connectivity index (χ3n) is 1.82. The number of halogens is 2. The van der Waals surface area contributed by atoms with Crippen LogP contribution in [-0.4, -0.2) is 10.3 Å². The van der Waals surface area contributed by atoms with Crippen molar-refractivity contribution in [3.63, 3.8) is 0 Å². The van der Waals surface area contributed by atoms with E-state index in [-0.39, 0.29) is 10.3 Å². The molecule has 0 aromatic rings. The lowest BCUT2D eigenvalue weighted by atomic mass is 10.2. The summed E-state index contributed by atoms with van der Waals surface area (Å²) in [6.07, 6.45) is 0. The smallest absolute Gasteiger partial charge is 0.110 e. The highest BCUT2D eigenvalue weighted by atomic mass is 35.7. The Bertz CT molecular complexity index is 143. The van der Waals surface area contributed by atoms with Gasteiger partial charge in [-0.1, -0.05) is 0 Å². The van der Waals surface area contributed by atoms with E-state index in [1.54, 1.807) is 0 Å². The molecular formula is C8H18Cl2OP+. The van der Waals surface area contributed by atoms with Crippen molar-refractivity contribution in [2.45, 2.75) is 51.9 Å². The average Bonchev–Trinajstić information content (AvgIpc) is 1.81. The molecule has 0 unspecified atom stereocenters. The maximum Gasteiger partial charge on any atom is 0.277 e. The van der Waals surface area contributed by atoms with Crippen LogP contribution in [0.15, 0.2) is 0 Å². The van der Waals surface area contributed by atoms with Crippen LogP contribution in [0.5, 0.6) is 0 Å². The van der Waals surface area contributed by atoms with Gasteiger partial charge >= 0.3 is 0 Å². The molecule has 0 aliphatic heterocycles. The van der Waals surface area contributed by atoms with Gasteiger partial charge < -0.3 is 0 Å². The molecule has 0 heterocycles. The summed E-state index contributed by atoms with van der Waals surface area (Å²) in [4.78, 5) is 0. The third kappa shape index (κ3) is 2.26. The van der Waals surface area contributed by atoms with Crippen LogP contribution in [-0.2, 0) is 4.08 Å². The molecule has 0 rings (SSSR count). The highest BCUT2D eigenvalue weighted by molar-refractivity contribution is 7.97. The zero-order chi connectivity index (χ0) is 10.2. The van der Waals surface area contributed by atoms with Gasteiger partial charge in [-0.2, -0.15) is 0 Å². The molecule has 0 amide bonds. The Morgan fingerprint density at radius 1 is 0.917 bits per heavy atom. The van der Waals surface area contributed by atoms with Gasteiger partial charge in [0.05, 0.1) is 0 Å². The maximum absolute atomic E-state index is 6.43. The molecule has 1 nitrogen and oxygen atoms in total. The summed E-state index contributed by atoms with van der Waals surface area (Å²) in [7, 11) is 0. The molecule has 0 aromatic carbocycles. The largest absolute Gasteiger partial charge is 0.277 e. The molecule has 0 saturated carbocycles. The summed E-state index contributed by atoms with van der Waals surface area (Å²) in [5.74, 6) is 0. The standard InChI is InChI=1S/C8H18Cl2OP/c1-7(2,3)12(10,11-9)8(4,5)6/h1-6H3/q+1. The predicted molar refractivity (Wildman–Crippen MR) is 59.2 cm³/mol. The lowest BCUT2D eigenvalue weighted by Gasteiger charge is -2.35. The van der Waals surface area contributed by atoms with Gasteiger partial charge in [0.1, 0.15) is 33.4 Å². The van der Waals surface area contributed by atoms with Crippen molar-refractivity contribution in [1.82, 2.24) is 0 Å². The van der Waals surface area contributed by atoms with Gasteiger partial charge in [0.2, 0.25) is 0 Å². The Labute approximate surface area is 86.1 Å². The van der Waals surface area contributed by atoms with Gasteiger partial charge in [-0.3, -0.25) is 0 Å². The van der Waals surface area contributed by atoms with Crippen LogP contribution in [0.1, 0.15) is 41.5 Å². The van der Waals surface area contributed by atoms with E-state index in [0.717, 1.165) is 0 Å². The number of hydrogen-bond acceptors (Lipinski definition) is 1. The first-order valence-electron chi connectivity index (χ1n) is 3.95. The zero-order valence-electron chi connectivity index (χ0n) is 8.61. The third-order valence-corrected chi connectivity index (χ3v) is 9.54. The summed E-state index contributed by atoms with van der Waals surface area (Å²) in [6, 6.07) is 0. The van der Waals surface area contributed by atoms with E-state index >= 15 is 0 Å². The molecule has 0 atom stereocenters. The van der Waals surface area contributed by atoms with Crippen molar-refractivity contribution >= 4 is 29.9 Å². The average molecular weight is 232 g/mol. The van der Waals surface area contributed by atoms with Crippen molar-refractivity contribution in [1.29, 1.82) is 0 Å². The van der Waals surface area contributed by atoms with Gasteiger partial charge in [0.25, 0.3) is 6.84 Å². The second-order valence-electron chi connectivity index (χ2n) is 4.94. The minimum Gasteiger partial charge on any atom is -0.110 e. The molecule has 4 heteroatoms. The van der Waals surface area contributed by atoms with E-state index in [1.165, 1.54) is 0 Å². The summed E-state index contributed by atoms with van der Waals surface area (Å²) < 4.78 is 5.02. The number of rotatable bonds is 1. The van der Waals surface area contributed by atoms with E-state index in [4.69, 9.17) is 27.2 Å². The predicted octanol–water partition coefficient (Wildman–Crippen LogP) is 4.84. The molecule has 0 bridgehead atoms. The molecule has 12 heavy (non-hydrogen) atoms. The van der Waals surface area contributed by atoms with Gasteiger partial charge in [0, 0.05) is 0 Å². The van der Waals surface area contributed by atoms with Gasteiger partial charge in [-0.25, -0.2) is 0 Å². The minimum absolute atomic E-state index is 0.0887. The topological polar surface area (TPSA) is 9.23 Å². The zero-order valence-corrected chi connectivity index (χ0v) is 11.0. The van der Waals surface area contributed by atoms with Crippen molar-refractivity contribution in [2.75, 3.05) is 0 Å². The molecule has 74 valence electrons. The lowest BCUT2D eigenvalue weighted by Crippen LogP contribution is -2.30. The quantitative estimate of drug-likeness (QED) is 0.587. The van der Waals surface area contributed by atoms with E-state index in [1.807, 2.05) is 0 Å². The Balaban J connectivity index is 4.95. The van der Waals surface area contributed by atoms with E-state index in [0.29, 0.717) is 0 Å². The molecule has 0 radical (unpaired) electrons. The lowest BCUT2D eigenvalue weighted by molar-refractivity contribution is 0.561. The molecule has 0 fully saturated rings. The first-order valence-corrected chi connectivity index (χ1v) is 6.87. The maximum atomic E-state index is 6.43. The molecule has 0 aromatic heterocycles. The minimum atomic E-state index is -2.08. The monoisotopic (exact) mass is 231 g/mol. The van der Waals surface area contributed by atoms with E-state index in [9.17, 15) is 0 Å². The van der Waals surface area contributed by atoms with Crippen LogP contribution in [0, 0.1) is 0 Å². The molecule has 0 aliphatic rings. The molecule has 0 N–H and O–H groups in total. The van der Waals surface area contributed by atoms with E-state index < -0.39 is 6.84 Å².